The molecule has 1 aliphatic rings. The van der Waals surface area contributed by atoms with E-state index < -0.39 is 5.69 Å². The van der Waals surface area contributed by atoms with Gasteiger partial charge < -0.3 is 14.8 Å². The monoisotopic (exact) mass is 367 g/mol. The fourth-order valence-corrected chi connectivity index (χ4v) is 3.12. The maximum Gasteiger partial charge on any atom is 0.331 e. The number of nitrogens with one attached hydrogen (secondary N) is 1. The number of hydrogen-bond acceptors (Lipinski definition) is 5. The zero-order valence-electron chi connectivity index (χ0n) is 14.6. The van der Waals surface area contributed by atoms with Crippen molar-refractivity contribution in [3.8, 4) is 11.5 Å². The fraction of sp³-hybridized carbons (Fsp3) is 0.211. The predicted octanol–water partition coefficient (Wildman–Crippen LogP) is 1.55. The molecule has 1 aliphatic heterocycles. The van der Waals surface area contributed by atoms with Crippen LogP contribution in [0.3, 0.4) is 0 Å². The van der Waals surface area contributed by atoms with Crippen LogP contribution in [-0.4, -0.2) is 21.8 Å². The molecule has 1 N–H and O–H groups in total. The minimum atomic E-state index is -0.512. The Hall–Kier alpha value is -3.55. The van der Waals surface area contributed by atoms with Crippen LogP contribution >= 0.6 is 0 Å². The standard InChI is InChI=1S/C19H17N3O5/c1-2-21-18(24)13-5-3-4-6-14(13)22(19(21)25)10-17(23)20-12-7-8-15-16(9-12)27-11-26-15/h3-9H,2,10-11H2,1H3,(H,20,23). The molecule has 0 radical (unpaired) electrons. The van der Waals surface area contributed by atoms with Crippen molar-refractivity contribution in [2.45, 2.75) is 20.0 Å². The van der Waals surface area contributed by atoms with E-state index in [1.165, 1.54) is 4.57 Å². The molecule has 0 atom stereocenters. The summed E-state index contributed by atoms with van der Waals surface area (Å²) in [6.45, 7) is 1.88. The fourth-order valence-electron chi connectivity index (χ4n) is 3.12. The molecule has 0 unspecified atom stereocenters. The van der Waals surface area contributed by atoms with Crippen molar-refractivity contribution >= 4 is 22.5 Å². The van der Waals surface area contributed by atoms with Gasteiger partial charge in [-0.15, -0.1) is 0 Å². The molecule has 1 aromatic heterocycles. The first-order valence-corrected chi connectivity index (χ1v) is 8.50. The van der Waals surface area contributed by atoms with Crippen LogP contribution in [-0.2, 0) is 17.9 Å². The normalized spacial score (nSPS) is 12.3. The highest BCUT2D eigenvalue weighted by atomic mass is 16.7. The number of para-hydroxylation sites is 1. The van der Waals surface area contributed by atoms with Gasteiger partial charge in [0.1, 0.15) is 6.54 Å². The molecule has 3 aromatic rings. The molecular formula is C19H17N3O5. The van der Waals surface area contributed by atoms with Gasteiger partial charge in [0, 0.05) is 18.3 Å². The van der Waals surface area contributed by atoms with Crippen molar-refractivity contribution in [3.05, 3.63) is 63.3 Å². The van der Waals surface area contributed by atoms with Gasteiger partial charge in [-0.2, -0.15) is 0 Å². The molecule has 27 heavy (non-hydrogen) atoms. The lowest BCUT2D eigenvalue weighted by Crippen LogP contribution is -2.41. The first-order valence-electron chi connectivity index (χ1n) is 8.50. The number of ether oxygens (including phenoxy) is 2. The number of carbonyl (C=O) groups is 1. The minimum Gasteiger partial charge on any atom is -0.454 e. The number of carbonyl (C=O) groups excluding carboxylic acids is 1. The average Bonchev–Trinajstić information content (AvgIpc) is 3.13. The zero-order chi connectivity index (χ0) is 19.0. The number of aromatic nitrogens is 2. The topological polar surface area (TPSA) is 91.6 Å². The van der Waals surface area contributed by atoms with Gasteiger partial charge in [0.2, 0.25) is 12.7 Å². The van der Waals surface area contributed by atoms with Crippen molar-refractivity contribution in [1.82, 2.24) is 9.13 Å². The van der Waals surface area contributed by atoms with Crippen LogP contribution in [0, 0.1) is 0 Å². The number of rotatable bonds is 4. The number of fused-ring (bicyclic) bond motifs is 2. The maximum atomic E-state index is 12.7. The van der Waals surface area contributed by atoms with E-state index in [2.05, 4.69) is 5.32 Å². The summed E-state index contributed by atoms with van der Waals surface area (Å²) in [5.41, 5.74) is 0.0935. The molecule has 0 fully saturated rings. The van der Waals surface area contributed by atoms with Crippen molar-refractivity contribution < 1.29 is 14.3 Å². The van der Waals surface area contributed by atoms with Gasteiger partial charge in [-0.1, -0.05) is 12.1 Å². The summed E-state index contributed by atoms with van der Waals surface area (Å²) in [5.74, 6) is 0.780. The molecule has 0 spiro atoms. The second-order valence-corrected chi connectivity index (χ2v) is 6.05. The van der Waals surface area contributed by atoms with Crippen LogP contribution in [0.25, 0.3) is 10.9 Å². The maximum absolute atomic E-state index is 12.7. The lowest BCUT2D eigenvalue weighted by atomic mass is 10.2. The molecule has 0 saturated carbocycles. The van der Waals surface area contributed by atoms with E-state index in [9.17, 15) is 14.4 Å². The highest BCUT2D eigenvalue weighted by Gasteiger charge is 2.16. The average molecular weight is 367 g/mol. The van der Waals surface area contributed by atoms with Crippen LogP contribution < -0.4 is 26.0 Å². The summed E-state index contributed by atoms with van der Waals surface area (Å²) >= 11 is 0. The molecule has 2 heterocycles. The Morgan fingerprint density at radius 1 is 1.07 bits per heavy atom. The largest absolute Gasteiger partial charge is 0.454 e. The highest BCUT2D eigenvalue weighted by Crippen LogP contribution is 2.34. The number of amides is 1. The van der Waals surface area contributed by atoms with Crippen LogP contribution in [0.5, 0.6) is 11.5 Å². The number of nitrogens with zero attached hydrogens (tertiary/aromatic N) is 2. The summed E-state index contributed by atoms with van der Waals surface area (Å²) in [6, 6.07) is 11.8. The van der Waals surface area contributed by atoms with Gasteiger partial charge in [-0.3, -0.25) is 18.7 Å². The number of benzene rings is 2. The molecule has 0 saturated heterocycles. The highest BCUT2D eigenvalue weighted by molar-refractivity contribution is 5.92. The SMILES string of the molecule is CCn1c(=O)c2ccccc2n(CC(=O)Nc2ccc3c(c2)OCO3)c1=O. The Morgan fingerprint density at radius 3 is 2.67 bits per heavy atom. The molecule has 8 nitrogen and oxygen atoms in total. The van der Waals surface area contributed by atoms with Gasteiger partial charge in [0.25, 0.3) is 5.56 Å². The molecular weight excluding hydrogens is 350 g/mol. The Morgan fingerprint density at radius 2 is 1.85 bits per heavy atom. The molecule has 4 rings (SSSR count). The number of hydrogen-bond donors (Lipinski definition) is 1. The van der Waals surface area contributed by atoms with E-state index in [0.29, 0.717) is 28.1 Å². The first-order chi connectivity index (χ1) is 13.1. The van der Waals surface area contributed by atoms with Crippen LogP contribution in [0.15, 0.2) is 52.1 Å². The van der Waals surface area contributed by atoms with Crippen LogP contribution in [0.2, 0.25) is 0 Å². The van der Waals surface area contributed by atoms with E-state index in [4.69, 9.17) is 9.47 Å². The molecule has 138 valence electrons. The van der Waals surface area contributed by atoms with Gasteiger partial charge in [0.15, 0.2) is 11.5 Å². The van der Waals surface area contributed by atoms with Crippen molar-refractivity contribution in [2.75, 3.05) is 12.1 Å². The number of anilines is 1. The lowest BCUT2D eigenvalue weighted by Gasteiger charge is -2.13. The minimum absolute atomic E-state index is 0.146. The summed E-state index contributed by atoms with van der Waals surface area (Å²) in [5, 5.41) is 3.14. The molecule has 0 bridgehead atoms. The van der Waals surface area contributed by atoms with Crippen LogP contribution in [0.4, 0.5) is 5.69 Å². The Bertz CT molecular complexity index is 1160. The van der Waals surface area contributed by atoms with E-state index in [0.717, 1.165) is 4.57 Å². The van der Waals surface area contributed by atoms with Crippen molar-refractivity contribution in [3.63, 3.8) is 0 Å². The van der Waals surface area contributed by atoms with Gasteiger partial charge >= 0.3 is 5.69 Å². The summed E-state index contributed by atoms with van der Waals surface area (Å²) in [6.07, 6.45) is 0. The third-order valence-electron chi connectivity index (χ3n) is 4.41. The smallest absolute Gasteiger partial charge is 0.331 e. The van der Waals surface area contributed by atoms with E-state index in [-0.39, 0.29) is 31.3 Å². The quantitative estimate of drug-likeness (QED) is 0.755. The van der Waals surface area contributed by atoms with E-state index in [1.807, 2.05) is 0 Å². The summed E-state index contributed by atoms with van der Waals surface area (Å²) in [7, 11) is 0. The van der Waals surface area contributed by atoms with Gasteiger partial charge in [0.05, 0.1) is 10.9 Å². The lowest BCUT2D eigenvalue weighted by molar-refractivity contribution is -0.116. The Kier molecular flexibility index (Phi) is 4.15. The Balaban J connectivity index is 1.68. The van der Waals surface area contributed by atoms with Gasteiger partial charge in [-0.05, 0) is 31.2 Å². The van der Waals surface area contributed by atoms with E-state index >= 15 is 0 Å². The molecule has 1 amide bonds. The summed E-state index contributed by atoms with van der Waals surface area (Å²) in [4.78, 5) is 37.7. The summed E-state index contributed by atoms with van der Waals surface area (Å²) < 4.78 is 13.0. The second-order valence-electron chi connectivity index (χ2n) is 6.05. The molecule has 2 aromatic carbocycles. The van der Waals surface area contributed by atoms with Gasteiger partial charge in [-0.25, -0.2) is 4.79 Å². The molecule has 8 heteroatoms. The van der Waals surface area contributed by atoms with Crippen molar-refractivity contribution in [2.24, 2.45) is 0 Å². The Labute approximate surface area is 153 Å². The third-order valence-corrected chi connectivity index (χ3v) is 4.41. The molecule has 0 aliphatic carbocycles. The van der Waals surface area contributed by atoms with E-state index in [1.54, 1.807) is 49.4 Å². The third kappa shape index (κ3) is 2.95. The van der Waals surface area contributed by atoms with Crippen molar-refractivity contribution in [1.29, 1.82) is 0 Å². The zero-order valence-corrected chi connectivity index (χ0v) is 14.6. The van der Waals surface area contributed by atoms with Crippen LogP contribution in [0.1, 0.15) is 6.92 Å². The predicted molar refractivity (Wildman–Crippen MR) is 99.3 cm³/mol. The second kappa shape index (κ2) is 6.64. The first kappa shape index (κ1) is 16.9.